The van der Waals surface area contributed by atoms with Gasteiger partial charge in [0.25, 0.3) is 0 Å². The van der Waals surface area contributed by atoms with Crippen LogP contribution in [-0.4, -0.2) is 43.3 Å². The van der Waals surface area contributed by atoms with Gasteiger partial charge in [-0.05, 0) is 6.42 Å². The molecule has 1 N–H and O–H groups in total. The molecule has 90 valence electrons. The Bertz CT molecular complexity index is 176. The van der Waals surface area contributed by atoms with Crippen LogP contribution in [-0.2, 0) is 0 Å². The highest BCUT2D eigenvalue weighted by atomic mass is 19.4. The molecule has 0 aromatic carbocycles. The third-order valence-corrected chi connectivity index (χ3v) is 2.80. The van der Waals surface area contributed by atoms with Crippen LogP contribution < -0.4 is 5.32 Å². The van der Waals surface area contributed by atoms with E-state index in [4.69, 9.17) is 0 Å². The number of rotatable bonds is 4. The lowest BCUT2D eigenvalue weighted by Gasteiger charge is -2.35. The van der Waals surface area contributed by atoms with Crippen LogP contribution in [0.4, 0.5) is 13.2 Å². The fraction of sp³-hybridized carbons (Fsp3) is 1.00. The minimum atomic E-state index is -4.08. The molecular formula is C10H19F3N2. The molecule has 0 spiro atoms. The van der Waals surface area contributed by atoms with Gasteiger partial charge in [-0.2, -0.15) is 13.2 Å². The number of piperazine rings is 1. The zero-order valence-corrected chi connectivity index (χ0v) is 9.11. The molecule has 0 saturated carbocycles. The molecule has 0 aliphatic carbocycles. The molecule has 0 amide bonds. The van der Waals surface area contributed by atoms with Gasteiger partial charge in [0.05, 0.1) is 0 Å². The summed E-state index contributed by atoms with van der Waals surface area (Å²) in [6.45, 7) is 4.27. The second-order valence-corrected chi connectivity index (χ2v) is 3.99. The first-order valence-corrected chi connectivity index (χ1v) is 5.57. The van der Waals surface area contributed by atoms with Crippen LogP contribution in [0.25, 0.3) is 0 Å². The van der Waals surface area contributed by atoms with Gasteiger partial charge in [-0.25, -0.2) is 0 Å². The largest absolute Gasteiger partial charge is 0.404 e. The number of hydrogen-bond donors (Lipinski definition) is 1. The van der Waals surface area contributed by atoms with Crippen molar-refractivity contribution in [3.63, 3.8) is 0 Å². The van der Waals surface area contributed by atoms with Gasteiger partial charge >= 0.3 is 6.18 Å². The van der Waals surface area contributed by atoms with Crippen LogP contribution in [0.15, 0.2) is 0 Å². The maximum Gasteiger partial charge on any atom is 0.404 e. The predicted molar refractivity (Wildman–Crippen MR) is 53.8 cm³/mol. The topological polar surface area (TPSA) is 15.3 Å². The number of nitrogens with zero attached hydrogens (tertiary/aromatic N) is 1. The summed E-state index contributed by atoms with van der Waals surface area (Å²) in [5.41, 5.74) is 0. The van der Waals surface area contributed by atoms with Crippen molar-refractivity contribution in [2.24, 2.45) is 0 Å². The van der Waals surface area contributed by atoms with E-state index in [9.17, 15) is 13.2 Å². The zero-order chi connectivity index (χ0) is 11.3. The van der Waals surface area contributed by atoms with Crippen LogP contribution in [0.3, 0.4) is 0 Å². The van der Waals surface area contributed by atoms with Crippen molar-refractivity contribution in [2.45, 2.75) is 38.4 Å². The van der Waals surface area contributed by atoms with E-state index in [-0.39, 0.29) is 6.42 Å². The Kier molecular flexibility index (Phi) is 4.86. The Hall–Kier alpha value is -0.290. The lowest BCUT2D eigenvalue weighted by Crippen LogP contribution is -2.53. The molecule has 0 aromatic heterocycles. The molecule has 0 aromatic rings. The molecule has 1 rings (SSSR count). The summed E-state index contributed by atoms with van der Waals surface area (Å²) in [5, 5.41) is 3.07. The summed E-state index contributed by atoms with van der Waals surface area (Å²) in [5.74, 6) is 0. The second kappa shape index (κ2) is 5.70. The van der Waals surface area contributed by atoms with Gasteiger partial charge in [0.15, 0.2) is 0 Å². The second-order valence-electron chi connectivity index (χ2n) is 3.99. The molecule has 15 heavy (non-hydrogen) atoms. The molecule has 1 aliphatic heterocycles. The third-order valence-electron chi connectivity index (χ3n) is 2.80. The van der Waals surface area contributed by atoms with Crippen molar-refractivity contribution in [2.75, 3.05) is 26.2 Å². The number of hydrogen-bond acceptors (Lipinski definition) is 2. The average Bonchev–Trinajstić information content (AvgIpc) is 2.18. The van der Waals surface area contributed by atoms with Crippen molar-refractivity contribution in [3.05, 3.63) is 0 Å². The van der Waals surface area contributed by atoms with Crippen LogP contribution in [0.1, 0.15) is 26.2 Å². The molecule has 1 atom stereocenters. The minimum absolute atomic E-state index is 0.236. The molecule has 0 bridgehead atoms. The summed E-state index contributed by atoms with van der Waals surface area (Å²) in [4.78, 5) is 1.56. The Labute approximate surface area is 88.8 Å². The molecule has 1 saturated heterocycles. The number of halogens is 3. The van der Waals surface area contributed by atoms with Crippen LogP contribution >= 0.6 is 0 Å². The highest BCUT2D eigenvalue weighted by Gasteiger charge is 2.42. The third kappa shape index (κ3) is 3.99. The van der Waals surface area contributed by atoms with Gasteiger partial charge in [0, 0.05) is 26.2 Å². The molecule has 0 radical (unpaired) electrons. The summed E-state index contributed by atoms with van der Waals surface area (Å²) < 4.78 is 38.3. The van der Waals surface area contributed by atoms with Crippen molar-refractivity contribution in [1.29, 1.82) is 0 Å². The van der Waals surface area contributed by atoms with Crippen molar-refractivity contribution < 1.29 is 13.2 Å². The highest BCUT2D eigenvalue weighted by Crippen LogP contribution is 2.28. The molecule has 1 heterocycles. The number of alkyl halides is 3. The fourth-order valence-electron chi connectivity index (χ4n) is 1.94. The quantitative estimate of drug-likeness (QED) is 0.786. The molecule has 0 unspecified atom stereocenters. The smallest absolute Gasteiger partial charge is 0.314 e. The normalized spacial score (nSPS) is 21.6. The van der Waals surface area contributed by atoms with Crippen molar-refractivity contribution in [3.8, 4) is 0 Å². The molecule has 5 heteroatoms. The maximum atomic E-state index is 12.8. The van der Waals surface area contributed by atoms with E-state index in [1.54, 1.807) is 4.90 Å². The van der Waals surface area contributed by atoms with Crippen LogP contribution in [0.5, 0.6) is 0 Å². The van der Waals surface area contributed by atoms with E-state index in [2.05, 4.69) is 5.32 Å². The van der Waals surface area contributed by atoms with Gasteiger partial charge in [-0.15, -0.1) is 0 Å². The highest BCUT2D eigenvalue weighted by molar-refractivity contribution is 4.82. The van der Waals surface area contributed by atoms with Crippen LogP contribution in [0.2, 0.25) is 0 Å². The van der Waals surface area contributed by atoms with E-state index in [1.807, 2.05) is 6.92 Å². The van der Waals surface area contributed by atoms with Crippen LogP contribution in [0, 0.1) is 0 Å². The monoisotopic (exact) mass is 224 g/mol. The zero-order valence-electron chi connectivity index (χ0n) is 9.11. The Morgan fingerprint density at radius 3 is 2.33 bits per heavy atom. The Morgan fingerprint density at radius 1 is 1.27 bits per heavy atom. The average molecular weight is 224 g/mol. The molecule has 1 fully saturated rings. The summed E-state index contributed by atoms with van der Waals surface area (Å²) >= 11 is 0. The van der Waals surface area contributed by atoms with E-state index in [0.29, 0.717) is 32.6 Å². The SMILES string of the molecule is CCCC[C@H](N1CCNCC1)C(F)(F)F. The van der Waals surface area contributed by atoms with Gasteiger partial charge < -0.3 is 5.32 Å². The van der Waals surface area contributed by atoms with Crippen molar-refractivity contribution >= 4 is 0 Å². The Morgan fingerprint density at radius 2 is 1.87 bits per heavy atom. The number of unbranched alkanes of at least 4 members (excludes halogenated alkanes) is 1. The minimum Gasteiger partial charge on any atom is -0.314 e. The van der Waals surface area contributed by atoms with E-state index >= 15 is 0 Å². The number of nitrogens with one attached hydrogen (secondary N) is 1. The standard InChI is InChI=1S/C10H19F3N2/c1-2-3-4-9(10(11,12)13)15-7-5-14-6-8-15/h9,14H,2-8H2,1H3/t9-/m0/s1. The Balaban J connectivity index is 2.53. The van der Waals surface area contributed by atoms with E-state index in [1.165, 1.54) is 0 Å². The van der Waals surface area contributed by atoms with E-state index in [0.717, 1.165) is 6.42 Å². The maximum absolute atomic E-state index is 12.8. The predicted octanol–water partition coefficient (Wildman–Crippen LogP) is 2.01. The summed E-state index contributed by atoms with van der Waals surface area (Å²) in [7, 11) is 0. The van der Waals surface area contributed by atoms with E-state index < -0.39 is 12.2 Å². The first-order valence-electron chi connectivity index (χ1n) is 5.57. The van der Waals surface area contributed by atoms with Crippen molar-refractivity contribution in [1.82, 2.24) is 10.2 Å². The summed E-state index contributed by atoms with van der Waals surface area (Å²) in [6.07, 6.45) is -2.38. The van der Waals surface area contributed by atoms with Gasteiger partial charge in [0.2, 0.25) is 0 Å². The summed E-state index contributed by atoms with van der Waals surface area (Å²) in [6, 6.07) is -1.24. The van der Waals surface area contributed by atoms with Gasteiger partial charge in [-0.1, -0.05) is 19.8 Å². The fourth-order valence-corrected chi connectivity index (χ4v) is 1.94. The molecule has 1 aliphatic rings. The molecule has 2 nitrogen and oxygen atoms in total. The molecular weight excluding hydrogens is 205 g/mol. The first kappa shape index (κ1) is 12.8. The van der Waals surface area contributed by atoms with Gasteiger partial charge in [0.1, 0.15) is 6.04 Å². The lowest BCUT2D eigenvalue weighted by molar-refractivity contribution is -0.187. The van der Waals surface area contributed by atoms with Gasteiger partial charge in [-0.3, -0.25) is 4.90 Å². The lowest BCUT2D eigenvalue weighted by atomic mass is 10.1. The first-order chi connectivity index (χ1) is 7.05.